The Morgan fingerprint density at radius 3 is 2.48 bits per heavy atom. The maximum absolute atomic E-state index is 12.3. The van der Waals surface area contributed by atoms with Gasteiger partial charge in [-0.25, -0.2) is 0 Å². The Kier molecular flexibility index (Phi) is 6.84. The topological polar surface area (TPSA) is 38.8 Å². The molecule has 1 aromatic carbocycles. The average Bonchev–Trinajstić information content (AvgIpc) is 3.08. The predicted octanol–water partition coefficient (Wildman–Crippen LogP) is 1.40. The highest BCUT2D eigenvalue weighted by Crippen LogP contribution is 2.13. The molecular weight excluding hydrogens is 312 g/mol. The van der Waals surface area contributed by atoms with Crippen LogP contribution in [-0.4, -0.2) is 79.0 Å². The second-order valence-electron chi connectivity index (χ2n) is 7.30. The minimum Gasteiger partial charge on any atom is -0.352 e. The molecule has 138 valence electrons. The monoisotopic (exact) mass is 344 g/mol. The van der Waals surface area contributed by atoms with E-state index in [0.29, 0.717) is 12.5 Å². The molecule has 5 nitrogen and oxygen atoms in total. The molecule has 0 radical (unpaired) electrons. The molecule has 0 aromatic heterocycles. The summed E-state index contributed by atoms with van der Waals surface area (Å²) in [6.45, 7) is 11.7. The summed E-state index contributed by atoms with van der Waals surface area (Å²) in [6, 6.07) is 10.9. The molecule has 2 heterocycles. The zero-order chi connectivity index (χ0) is 17.5. The fourth-order valence-electron chi connectivity index (χ4n) is 3.82. The van der Waals surface area contributed by atoms with E-state index in [1.807, 2.05) is 0 Å². The van der Waals surface area contributed by atoms with Crippen molar-refractivity contribution in [2.45, 2.75) is 32.4 Å². The van der Waals surface area contributed by atoms with Gasteiger partial charge >= 0.3 is 0 Å². The van der Waals surface area contributed by atoms with E-state index in [1.165, 1.54) is 5.56 Å². The summed E-state index contributed by atoms with van der Waals surface area (Å²) in [5.41, 5.74) is 1.35. The van der Waals surface area contributed by atoms with Gasteiger partial charge in [-0.1, -0.05) is 37.3 Å². The van der Waals surface area contributed by atoms with Crippen molar-refractivity contribution in [1.82, 2.24) is 20.0 Å². The van der Waals surface area contributed by atoms with Crippen LogP contribution in [0.25, 0.3) is 0 Å². The molecule has 3 rings (SSSR count). The first-order chi connectivity index (χ1) is 12.2. The molecule has 1 aromatic rings. The number of rotatable bonds is 7. The molecule has 0 bridgehead atoms. The molecule has 2 aliphatic heterocycles. The van der Waals surface area contributed by atoms with Crippen molar-refractivity contribution < 1.29 is 4.79 Å². The summed E-state index contributed by atoms with van der Waals surface area (Å²) >= 11 is 0. The maximum Gasteiger partial charge on any atom is 0.221 e. The van der Waals surface area contributed by atoms with Crippen molar-refractivity contribution in [2.75, 3.05) is 52.4 Å². The van der Waals surface area contributed by atoms with Crippen molar-refractivity contribution >= 4 is 5.91 Å². The van der Waals surface area contributed by atoms with Gasteiger partial charge in [0.25, 0.3) is 0 Å². The number of carbonyl (C=O) groups excluding carboxylic acids is 1. The number of benzene rings is 1. The van der Waals surface area contributed by atoms with E-state index >= 15 is 0 Å². The van der Waals surface area contributed by atoms with Crippen LogP contribution in [0.2, 0.25) is 0 Å². The van der Waals surface area contributed by atoms with Crippen molar-refractivity contribution in [3.8, 4) is 0 Å². The number of piperazine rings is 1. The van der Waals surface area contributed by atoms with Gasteiger partial charge in [-0.3, -0.25) is 9.69 Å². The van der Waals surface area contributed by atoms with Gasteiger partial charge in [-0.2, -0.15) is 0 Å². The lowest BCUT2D eigenvalue weighted by Crippen LogP contribution is -2.47. The lowest BCUT2D eigenvalue weighted by atomic mass is 10.2. The standard InChI is InChI=1S/C20H32N4O/c1-2-22-12-14-23(15-13-22)11-9-20(25)21-19-8-10-24(17-19)16-18-6-4-3-5-7-18/h3-7,19H,2,8-17H2,1H3,(H,21,25)/t19-/m1/s1. The summed E-state index contributed by atoms with van der Waals surface area (Å²) in [4.78, 5) is 19.6. The fraction of sp³-hybridized carbons (Fsp3) is 0.650. The highest BCUT2D eigenvalue weighted by molar-refractivity contribution is 5.76. The molecule has 2 fully saturated rings. The van der Waals surface area contributed by atoms with Gasteiger partial charge < -0.3 is 15.1 Å². The molecular formula is C20H32N4O. The van der Waals surface area contributed by atoms with Gasteiger partial charge in [0, 0.05) is 64.8 Å². The first kappa shape index (κ1) is 18.4. The molecule has 0 spiro atoms. The van der Waals surface area contributed by atoms with E-state index in [4.69, 9.17) is 0 Å². The van der Waals surface area contributed by atoms with Crippen LogP contribution in [0.1, 0.15) is 25.3 Å². The number of hydrogen-bond acceptors (Lipinski definition) is 4. The SMILES string of the molecule is CCN1CCN(CCC(=O)N[C@@H]2CCN(Cc3ccccc3)C2)CC1. The Morgan fingerprint density at radius 2 is 1.76 bits per heavy atom. The highest BCUT2D eigenvalue weighted by Gasteiger charge is 2.24. The zero-order valence-corrected chi connectivity index (χ0v) is 15.5. The number of nitrogens with one attached hydrogen (secondary N) is 1. The summed E-state index contributed by atoms with van der Waals surface area (Å²) in [7, 11) is 0. The van der Waals surface area contributed by atoms with Gasteiger partial charge in [-0.05, 0) is 18.5 Å². The van der Waals surface area contributed by atoms with Crippen LogP contribution in [0, 0.1) is 0 Å². The number of likely N-dealkylation sites (N-methyl/N-ethyl adjacent to an activating group) is 1. The minimum atomic E-state index is 0.212. The van der Waals surface area contributed by atoms with Crippen LogP contribution in [0.4, 0.5) is 0 Å². The predicted molar refractivity (Wildman–Crippen MR) is 101 cm³/mol. The smallest absolute Gasteiger partial charge is 0.221 e. The third-order valence-electron chi connectivity index (χ3n) is 5.45. The van der Waals surface area contributed by atoms with Gasteiger partial charge in [0.05, 0.1) is 0 Å². The molecule has 1 N–H and O–H groups in total. The van der Waals surface area contributed by atoms with E-state index in [2.05, 4.69) is 57.3 Å². The van der Waals surface area contributed by atoms with Gasteiger partial charge in [0.1, 0.15) is 0 Å². The van der Waals surface area contributed by atoms with Crippen LogP contribution in [0.15, 0.2) is 30.3 Å². The molecule has 1 atom stereocenters. The quantitative estimate of drug-likeness (QED) is 0.812. The first-order valence-electron chi connectivity index (χ1n) is 9.73. The number of nitrogens with zero attached hydrogens (tertiary/aromatic N) is 3. The molecule has 2 saturated heterocycles. The molecule has 0 unspecified atom stereocenters. The maximum atomic E-state index is 12.3. The van der Waals surface area contributed by atoms with Crippen LogP contribution in [0.3, 0.4) is 0 Å². The third-order valence-corrected chi connectivity index (χ3v) is 5.45. The summed E-state index contributed by atoms with van der Waals surface area (Å²) in [6.07, 6.45) is 1.69. The van der Waals surface area contributed by atoms with E-state index in [9.17, 15) is 4.79 Å². The summed E-state index contributed by atoms with van der Waals surface area (Å²) in [5.74, 6) is 0.212. The van der Waals surface area contributed by atoms with Crippen LogP contribution >= 0.6 is 0 Å². The Labute approximate surface area is 152 Å². The van der Waals surface area contributed by atoms with Crippen molar-refractivity contribution in [2.24, 2.45) is 0 Å². The second kappa shape index (κ2) is 9.32. The number of carbonyl (C=O) groups is 1. The Hall–Kier alpha value is -1.43. The van der Waals surface area contributed by atoms with Crippen LogP contribution in [0.5, 0.6) is 0 Å². The molecule has 25 heavy (non-hydrogen) atoms. The lowest BCUT2D eigenvalue weighted by Gasteiger charge is -2.33. The second-order valence-corrected chi connectivity index (χ2v) is 7.30. The Morgan fingerprint density at radius 1 is 1.04 bits per heavy atom. The van der Waals surface area contributed by atoms with Crippen molar-refractivity contribution in [1.29, 1.82) is 0 Å². The number of amides is 1. The zero-order valence-electron chi connectivity index (χ0n) is 15.5. The summed E-state index contributed by atoms with van der Waals surface area (Å²) in [5, 5.41) is 3.24. The Bertz CT molecular complexity index is 528. The summed E-state index contributed by atoms with van der Waals surface area (Å²) < 4.78 is 0. The van der Waals surface area contributed by atoms with E-state index < -0.39 is 0 Å². The lowest BCUT2D eigenvalue weighted by molar-refractivity contribution is -0.122. The largest absolute Gasteiger partial charge is 0.352 e. The number of likely N-dealkylation sites (tertiary alicyclic amines) is 1. The van der Waals surface area contributed by atoms with Crippen molar-refractivity contribution in [3.05, 3.63) is 35.9 Å². The van der Waals surface area contributed by atoms with E-state index in [0.717, 1.165) is 65.3 Å². The first-order valence-corrected chi connectivity index (χ1v) is 9.73. The van der Waals surface area contributed by atoms with E-state index in [1.54, 1.807) is 0 Å². The normalized spacial score (nSPS) is 23.0. The van der Waals surface area contributed by atoms with Gasteiger partial charge in [0.15, 0.2) is 0 Å². The van der Waals surface area contributed by atoms with Gasteiger partial charge in [-0.15, -0.1) is 0 Å². The van der Waals surface area contributed by atoms with Crippen molar-refractivity contribution in [3.63, 3.8) is 0 Å². The molecule has 0 saturated carbocycles. The van der Waals surface area contributed by atoms with E-state index in [-0.39, 0.29) is 5.91 Å². The fourth-order valence-corrected chi connectivity index (χ4v) is 3.82. The molecule has 2 aliphatic rings. The molecule has 0 aliphatic carbocycles. The van der Waals surface area contributed by atoms with Crippen LogP contribution < -0.4 is 5.32 Å². The van der Waals surface area contributed by atoms with Crippen LogP contribution in [-0.2, 0) is 11.3 Å². The number of hydrogen-bond donors (Lipinski definition) is 1. The highest BCUT2D eigenvalue weighted by atomic mass is 16.1. The van der Waals surface area contributed by atoms with Gasteiger partial charge in [0.2, 0.25) is 5.91 Å². The Balaban J connectivity index is 1.32. The molecule has 1 amide bonds. The molecule has 5 heteroatoms. The third kappa shape index (κ3) is 5.80. The average molecular weight is 345 g/mol. The minimum absolute atomic E-state index is 0.212.